The maximum absolute atomic E-state index is 13.9. The van der Waals surface area contributed by atoms with Gasteiger partial charge in [0.25, 0.3) is 5.56 Å². The standard InChI is InChI=1S/C27H22N2O4/c1-3-27(32)20-13-22-23-18(12-16-9-5-7-11-21(16)28-23)24(17-10-6-4-8-15(17)2)29(22)25(30)19(20)14-33-26(27)31/h4-13,24,32H,3,14H2,1-2H3/t24-,27+/m1/s1. The van der Waals surface area contributed by atoms with E-state index < -0.39 is 11.6 Å². The van der Waals surface area contributed by atoms with E-state index in [1.54, 1.807) is 17.6 Å². The fraction of sp³-hybridized carbons (Fsp3) is 0.222. The molecule has 33 heavy (non-hydrogen) atoms. The molecule has 2 aliphatic rings. The van der Waals surface area contributed by atoms with E-state index in [-0.39, 0.29) is 24.6 Å². The number of carbonyl (C=O) groups excluding carboxylic acids is 1. The van der Waals surface area contributed by atoms with Gasteiger partial charge in [-0.25, -0.2) is 9.78 Å². The maximum Gasteiger partial charge on any atom is 0.343 e. The number of aromatic nitrogens is 2. The average Bonchev–Trinajstić information content (AvgIpc) is 3.14. The van der Waals surface area contributed by atoms with Crippen molar-refractivity contribution in [2.24, 2.45) is 0 Å². The number of benzene rings is 2. The number of carbonyl (C=O) groups is 1. The van der Waals surface area contributed by atoms with Crippen molar-refractivity contribution in [3.63, 3.8) is 0 Å². The van der Waals surface area contributed by atoms with Crippen molar-refractivity contribution in [2.45, 2.75) is 38.5 Å². The van der Waals surface area contributed by atoms with Crippen molar-refractivity contribution in [3.8, 4) is 11.4 Å². The lowest BCUT2D eigenvalue weighted by Gasteiger charge is -2.32. The lowest BCUT2D eigenvalue weighted by Crippen LogP contribution is -2.44. The first-order valence-corrected chi connectivity index (χ1v) is 11.1. The zero-order chi connectivity index (χ0) is 22.9. The fourth-order valence-electron chi connectivity index (χ4n) is 5.20. The highest BCUT2D eigenvalue weighted by Crippen LogP contribution is 2.45. The number of esters is 1. The van der Waals surface area contributed by atoms with Crippen LogP contribution in [0.1, 0.15) is 47.2 Å². The van der Waals surface area contributed by atoms with Crippen LogP contribution in [0, 0.1) is 6.92 Å². The van der Waals surface area contributed by atoms with E-state index >= 15 is 0 Å². The van der Waals surface area contributed by atoms with Crippen molar-refractivity contribution < 1.29 is 14.6 Å². The number of rotatable bonds is 2. The van der Waals surface area contributed by atoms with Gasteiger partial charge >= 0.3 is 5.97 Å². The summed E-state index contributed by atoms with van der Waals surface area (Å²) < 4.78 is 6.98. The number of cyclic esters (lactones) is 1. The molecule has 6 nitrogen and oxygen atoms in total. The van der Waals surface area contributed by atoms with Crippen molar-refractivity contribution in [1.29, 1.82) is 0 Å². The molecule has 0 saturated heterocycles. The summed E-state index contributed by atoms with van der Waals surface area (Å²) in [6, 6.07) is 19.3. The Kier molecular flexibility index (Phi) is 4.13. The monoisotopic (exact) mass is 438 g/mol. The third-order valence-electron chi connectivity index (χ3n) is 7.02. The van der Waals surface area contributed by atoms with E-state index in [9.17, 15) is 14.7 Å². The molecule has 2 aliphatic heterocycles. The Morgan fingerprint density at radius 2 is 1.85 bits per heavy atom. The van der Waals surface area contributed by atoms with Gasteiger partial charge in [-0.1, -0.05) is 49.4 Å². The molecule has 1 N–H and O–H groups in total. The quantitative estimate of drug-likeness (QED) is 0.422. The molecule has 2 aromatic heterocycles. The molecule has 0 spiro atoms. The first kappa shape index (κ1) is 19.9. The number of para-hydroxylation sites is 1. The van der Waals surface area contributed by atoms with Gasteiger partial charge in [0.2, 0.25) is 0 Å². The van der Waals surface area contributed by atoms with Crippen molar-refractivity contribution >= 4 is 16.9 Å². The molecule has 0 unspecified atom stereocenters. The van der Waals surface area contributed by atoms with Crippen molar-refractivity contribution in [2.75, 3.05) is 0 Å². The van der Waals surface area contributed by atoms with E-state index in [2.05, 4.69) is 6.07 Å². The lowest BCUT2D eigenvalue weighted by molar-refractivity contribution is -0.172. The minimum absolute atomic E-state index is 0.112. The van der Waals surface area contributed by atoms with Gasteiger partial charge < -0.3 is 9.84 Å². The molecule has 6 heteroatoms. The van der Waals surface area contributed by atoms with Crippen LogP contribution in [0.15, 0.2) is 65.5 Å². The Hall–Kier alpha value is -3.77. The van der Waals surface area contributed by atoms with E-state index in [0.717, 1.165) is 27.6 Å². The Morgan fingerprint density at radius 3 is 2.64 bits per heavy atom. The van der Waals surface area contributed by atoms with Gasteiger partial charge in [0, 0.05) is 16.5 Å². The van der Waals surface area contributed by atoms with Crippen LogP contribution in [0.4, 0.5) is 0 Å². The smallest absolute Gasteiger partial charge is 0.343 e. The van der Waals surface area contributed by atoms with Gasteiger partial charge in [-0.3, -0.25) is 9.36 Å². The van der Waals surface area contributed by atoms with Crippen molar-refractivity contribution in [3.05, 3.63) is 98.8 Å². The number of ether oxygens (including phenoxy) is 1. The Balaban J connectivity index is 1.74. The number of fused-ring (bicyclic) bond motifs is 5. The maximum atomic E-state index is 13.9. The lowest BCUT2D eigenvalue weighted by atomic mass is 9.86. The summed E-state index contributed by atoms with van der Waals surface area (Å²) >= 11 is 0. The van der Waals surface area contributed by atoms with E-state index in [1.807, 2.05) is 55.5 Å². The molecule has 0 bridgehead atoms. The Morgan fingerprint density at radius 1 is 1.09 bits per heavy atom. The molecule has 164 valence electrons. The van der Waals surface area contributed by atoms with E-state index in [4.69, 9.17) is 9.72 Å². The number of hydrogen-bond acceptors (Lipinski definition) is 5. The van der Waals surface area contributed by atoms with Gasteiger partial charge in [0.15, 0.2) is 5.60 Å². The number of pyridine rings is 2. The van der Waals surface area contributed by atoms with Gasteiger partial charge in [0.05, 0.1) is 28.5 Å². The summed E-state index contributed by atoms with van der Waals surface area (Å²) in [5.74, 6) is -0.720. The summed E-state index contributed by atoms with van der Waals surface area (Å²) in [7, 11) is 0. The number of aryl methyl sites for hydroxylation is 1. The molecular formula is C27H22N2O4. The minimum atomic E-state index is -1.85. The molecule has 0 radical (unpaired) electrons. The fourth-order valence-corrected chi connectivity index (χ4v) is 5.20. The van der Waals surface area contributed by atoms with Crippen LogP contribution in [0.5, 0.6) is 0 Å². The summed E-state index contributed by atoms with van der Waals surface area (Å²) in [6.45, 7) is 3.58. The highest BCUT2D eigenvalue weighted by molar-refractivity contribution is 5.87. The second kappa shape index (κ2) is 6.86. The number of aliphatic hydroxyl groups is 1. The molecular weight excluding hydrogens is 416 g/mol. The summed E-state index contributed by atoms with van der Waals surface area (Å²) in [5, 5.41) is 12.1. The molecule has 4 aromatic rings. The van der Waals surface area contributed by atoms with Crippen LogP contribution < -0.4 is 5.56 Å². The highest BCUT2D eigenvalue weighted by Gasteiger charge is 2.46. The third kappa shape index (κ3) is 2.61. The van der Waals surface area contributed by atoms with Gasteiger partial charge in [-0.05, 0) is 42.7 Å². The van der Waals surface area contributed by atoms with Crippen LogP contribution >= 0.6 is 0 Å². The molecule has 0 saturated carbocycles. The molecule has 0 fully saturated rings. The summed E-state index contributed by atoms with van der Waals surface area (Å²) in [4.78, 5) is 31.3. The van der Waals surface area contributed by atoms with E-state index in [0.29, 0.717) is 22.5 Å². The van der Waals surface area contributed by atoms with Gasteiger partial charge in [-0.2, -0.15) is 0 Å². The topological polar surface area (TPSA) is 81.4 Å². The molecule has 2 aromatic carbocycles. The second-order valence-corrected chi connectivity index (χ2v) is 8.76. The Bertz CT molecular complexity index is 1540. The summed E-state index contributed by atoms with van der Waals surface area (Å²) in [6.07, 6.45) is 0.112. The van der Waals surface area contributed by atoms with Crippen LogP contribution in [0.3, 0.4) is 0 Å². The van der Waals surface area contributed by atoms with Gasteiger partial charge in [-0.15, -0.1) is 0 Å². The SMILES string of the molecule is CC[C@@]1(O)C(=O)OCc2c1cc1n(c2=O)[C@H](c2ccccc2C)c2cc3ccccc3nc2-1. The molecule has 0 amide bonds. The first-order valence-electron chi connectivity index (χ1n) is 11.1. The molecule has 6 rings (SSSR count). The zero-order valence-electron chi connectivity index (χ0n) is 18.3. The largest absolute Gasteiger partial charge is 0.458 e. The molecule has 2 atom stereocenters. The van der Waals surface area contributed by atoms with Crippen LogP contribution in [0.25, 0.3) is 22.3 Å². The second-order valence-electron chi connectivity index (χ2n) is 8.76. The Labute approximate surface area is 190 Å². The third-order valence-corrected chi connectivity index (χ3v) is 7.02. The van der Waals surface area contributed by atoms with Gasteiger partial charge in [0.1, 0.15) is 6.61 Å². The van der Waals surface area contributed by atoms with Crippen LogP contribution in [0.2, 0.25) is 0 Å². The molecule has 0 aliphatic carbocycles. The minimum Gasteiger partial charge on any atom is -0.458 e. The summed E-state index contributed by atoms with van der Waals surface area (Å²) in [5.41, 5.74) is 3.65. The van der Waals surface area contributed by atoms with Crippen LogP contribution in [-0.4, -0.2) is 20.6 Å². The van der Waals surface area contributed by atoms with Crippen LogP contribution in [-0.2, 0) is 21.7 Å². The number of hydrogen-bond donors (Lipinski definition) is 1. The average molecular weight is 438 g/mol. The zero-order valence-corrected chi connectivity index (χ0v) is 18.3. The molecule has 4 heterocycles. The first-order chi connectivity index (χ1) is 15.9. The number of nitrogens with zero attached hydrogens (tertiary/aromatic N) is 2. The normalized spacial score (nSPS) is 20.8. The highest BCUT2D eigenvalue weighted by atomic mass is 16.6. The van der Waals surface area contributed by atoms with Crippen molar-refractivity contribution in [1.82, 2.24) is 9.55 Å². The predicted octanol–water partition coefficient (Wildman–Crippen LogP) is 3.98. The predicted molar refractivity (Wildman–Crippen MR) is 124 cm³/mol. The van der Waals surface area contributed by atoms with E-state index in [1.165, 1.54) is 0 Å².